The van der Waals surface area contributed by atoms with Crippen LogP contribution in [0.5, 0.6) is 0 Å². The summed E-state index contributed by atoms with van der Waals surface area (Å²) in [6, 6.07) is 1.49. The number of aromatic nitrogens is 1. The van der Waals surface area contributed by atoms with Gasteiger partial charge in [0, 0.05) is 24.5 Å². The highest BCUT2D eigenvalue weighted by atomic mass is 79.9. The van der Waals surface area contributed by atoms with Gasteiger partial charge in [0.05, 0.1) is 11.9 Å². The van der Waals surface area contributed by atoms with Crippen molar-refractivity contribution in [3.63, 3.8) is 0 Å². The Kier molecular flexibility index (Phi) is 3.19. The predicted molar refractivity (Wildman–Crippen MR) is 62.4 cm³/mol. The number of urea groups is 1. The summed E-state index contributed by atoms with van der Waals surface area (Å²) in [6.07, 6.45) is 3.66. The van der Waals surface area contributed by atoms with Gasteiger partial charge in [-0.25, -0.2) is 4.79 Å². The molecule has 0 aromatic carbocycles. The van der Waals surface area contributed by atoms with Gasteiger partial charge in [0.25, 0.3) is 0 Å². The monoisotopic (exact) mass is 283 g/mol. The Bertz CT molecular complexity index is 436. The first-order chi connectivity index (χ1) is 7.70. The van der Waals surface area contributed by atoms with Crippen LogP contribution in [0.4, 0.5) is 10.5 Å². The van der Waals surface area contributed by atoms with Crippen LogP contribution in [0.25, 0.3) is 0 Å². The highest BCUT2D eigenvalue weighted by Gasteiger charge is 2.24. The molecule has 16 heavy (non-hydrogen) atoms. The number of amides is 3. The molecule has 1 fully saturated rings. The van der Waals surface area contributed by atoms with Crippen LogP contribution < -0.4 is 10.2 Å². The van der Waals surface area contributed by atoms with E-state index in [1.165, 1.54) is 4.90 Å². The van der Waals surface area contributed by atoms with Crippen molar-refractivity contribution >= 4 is 33.6 Å². The number of halogens is 1. The van der Waals surface area contributed by atoms with Crippen molar-refractivity contribution in [3.05, 3.63) is 24.0 Å². The molecular formula is C10H10BrN3O2. The number of nitrogens with one attached hydrogen (secondary N) is 1. The SMILES string of the molecule is O=C1CCN(c2cncc(CBr)c2)C(=O)N1. The zero-order chi connectivity index (χ0) is 11.5. The summed E-state index contributed by atoms with van der Waals surface area (Å²) < 4.78 is 0. The van der Waals surface area contributed by atoms with E-state index >= 15 is 0 Å². The first-order valence-corrected chi connectivity index (χ1v) is 5.94. The molecule has 0 bridgehead atoms. The second kappa shape index (κ2) is 4.61. The number of hydrogen-bond acceptors (Lipinski definition) is 3. The van der Waals surface area contributed by atoms with Gasteiger partial charge in [-0.2, -0.15) is 0 Å². The molecule has 2 heterocycles. The van der Waals surface area contributed by atoms with E-state index in [0.29, 0.717) is 24.0 Å². The van der Waals surface area contributed by atoms with Crippen LogP contribution in [0.1, 0.15) is 12.0 Å². The average molecular weight is 284 g/mol. The molecule has 6 heteroatoms. The molecule has 1 saturated heterocycles. The molecule has 0 radical (unpaired) electrons. The lowest BCUT2D eigenvalue weighted by molar-refractivity contribution is -0.120. The first kappa shape index (κ1) is 11.1. The molecule has 1 aromatic rings. The zero-order valence-electron chi connectivity index (χ0n) is 8.44. The van der Waals surface area contributed by atoms with Crippen molar-refractivity contribution in [2.45, 2.75) is 11.8 Å². The summed E-state index contributed by atoms with van der Waals surface area (Å²) in [5.74, 6) is -0.231. The lowest BCUT2D eigenvalue weighted by atomic mass is 10.2. The van der Waals surface area contributed by atoms with Crippen molar-refractivity contribution < 1.29 is 9.59 Å². The van der Waals surface area contributed by atoms with Gasteiger partial charge < -0.3 is 0 Å². The molecule has 3 amide bonds. The summed E-state index contributed by atoms with van der Waals surface area (Å²) in [7, 11) is 0. The van der Waals surface area contributed by atoms with Crippen molar-refractivity contribution in [1.82, 2.24) is 10.3 Å². The number of rotatable bonds is 2. The quantitative estimate of drug-likeness (QED) is 0.835. The summed E-state index contributed by atoms with van der Waals surface area (Å²) in [5.41, 5.74) is 1.70. The number of hydrogen-bond donors (Lipinski definition) is 1. The second-order valence-electron chi connectivity index (χ2n) is 3.44. The van der Waals surface area contributed by atoms with E-state index in [-0.39, 0.29) is 11.9 Å². The minimum Gasteiger partial charge on any atom is -0.292 e. The molecule has 1 aliphatic rings. The molecule has 5 nitrogen and oxygen atoms in total. The molecule has 84 valence electrons. The Morgan fingerprint density at radius 3 is 2.94 bits per heavy atom. The average Bonchev–Trinajstić information content (AvgIpc) is 2.29. The third-order valence-corrected chi connectivity index (χ3v) is 2.95. The molecule has 1 N–H and O–H groups in total. The zero-order valence-corrected chi connectivity index (χ0v) is 10.0. The van der Waals surface area contributed by atoms with Crippen LogP contribution in [0.15, 0.2) is 18.5 Å². The first-order valence-electron chi connectivity index (χ1n) is 4.82. The molecule has 1 aromatic heterocycles. The van der Waals surface area contributed by atoms with Gasteiger partial charge in [0.15, 0.2) is 0 Å². The number of carbonyl (C=O) groups is 2. The van der Waals surface area contributed by atoms with E-state index < -0.39 is 0 Å². The van der Waals surface area contributed by atoms with E-state index in [1.807, 2.05) is 6.07 Å². The van der Waals surface area contributed by atoms with Crippen LogP contribution in [0.3, 0.4) is 0 Å². The molecule has 2 rings (SSSR count). The van der Waals surface area contributed by atoms with E-state index in [0.717, 1.165) is 5.56 Å². The Balaban J connectivity index is 2.23. The van der Waals surface area contributed by atoms with Crippen molar-refractivity contribution in [2.75, 3.05) is 11.4 Å². The number of imide groups is 1. The minimum atomic E-state index is -0.384. The summed E-state index contributed by atoms with van der Waals surface area (Å²) >= 11 is 3.33. The fourth-order valence-corrected chi connectivity index (χ4v) is 1.81. The lowest BCUT2D eigenvalue weighted by Crippen LogP contribution is -2.49. The maximum Gasteiger partial charge on any atom is 0.328 e. The van der Waals surface area contributed by atoms with Crippen molar-refractivity contribution in [3.8, 4) is 0 Å². The highest BCUT2D eigenvalue weighted by Crippen LogP contribution is 2.18. The Morgan fingerprint density at radius 2 is 2.25 bits per heavy atom. The molecule has 0 spiro atoms. The fourth-order valence-electron chi connectivity index (χ4n) is 1.51. The second-order valence-corrected chi connectivity index (χ2v) is 4.00. The minimum absolute atomic E-state index is 0.231. The number of nitrogens with zero attached hydrogens (tertiary/aromatic N) is 2. The van der Waals surface area contributed by atoms with Crippen LogP contribution in [0.2, 0.25) is 0 Å². The van der Waals surface area contributed by atoms with Crippen molar-refractivity contribution in [1.29, 1.82) is 0 Å². The van der Waals surface area contributed by atoms with Gasteiger partial charge in [-0.05, 0) is 11.6 Å². The van der Waals surface area contributed by atoms with Gasteiger partial charge in [0.1, 0.15) is 0 Å². The van der Waals surface area contributed by atoms with E-state index in [4.69, 9.17) is 0 Å². The Morgan fingerprint density at radius 1 is 1.44 bits per heavy atom. The molecular weight excluding hydrogens is 274 g/mol. The molecule has 1 aliphatic heterocycles. The fraction of sp³-hybridized carbons (Fsp3) is 0.300. The molecule has 0 saturated carbocycles. The van der Waals surface area contributed by atoms with Crippen LogP contribution in [0, 0.1) is 0 Å². The van der Waals surface area contributed by atoms with E-state index in [9.17, 15) is 9.59 Å². The van der Waals surface area contributed by atoms with Gasteiger partial charge in [-0.1, -0.05) is 15.9 Å². The van der Waals surface area contributed by atoms with Gasteiger partial charge in [-0.3, -0.25) is 20.0 Å². The summed E-state index contributed by atoms with van der Waals surface area (Å²) in [4.78, 5) is 28.1. The van der Waals surface area contributed by atoms with Crippen molar-refractivity contribution in [2.24, 2.45) is 0 Å². The van der Waals surface area contributed by atoms with Gasteiger partial charge in [0.2, 0.25) is 5.91 Å². The highest BCUT2D eigenvalue weighted by molar-refractivity contribution is 9.08. The number of pyridine rings is 1. The van der Waals surface area contributed by atoms with Crippen LogP contribution in [-0.4, -0.2) is 23.5 Å². The predicted octanol–water partition coefficient (Wildman–Crippen LogP) is 1.42. The number of carbonyl (C=O) groups excluding carboxylic acids is 2. The molecule has 0 unspecified atom stereocenters. The lowest BCUT2D eigenvalue weighted by Gasteiger charge is -2.26. The summed E-state index contributed by atoms with van der Waals surface area (Å²) in [6.45, 7) is 0.401. The maximum absolute atomic E-state index is 11.6. The number of alkyl halides is 1. The summed E-state index contributed by atoms with van der Waals surface area (Å²) in [5, 5.41) is 2.96. The smallest absolute Gasteiger partial charge is 0.292 e. The van der Waals surface area contributed by atoms with Gasteiger partial charge >= 0.3 is 6.03 Å². The van der Waals surface area contributed by atoms with Crippen LogP contribution >= 0.6 is 15.9 Å². The maximum atomic E-state index is 11.6. The van der Waals surface area contributed by atoms with E-state index in [1.54, 1.807) is 12.4 Å². The Hall–Kier alpha value is -1.43. The Labute approximate surface area is 101 Å². The third kappa shape index (κ3) is 2.21. The van der Waals surface area contributed by atoms with Gasteiger partial charge in [-0.15, -0.1) is 0 Å². The normalized spacial score (nSPS) is 16.2. The van der Waals surface area contributed by atoms with Crippen LogP contribution in [-0.2, 0) is 10.1 Å². The molecule has 0 aliphatic carbocycles. The number of anilines is 1. The third-order valence-electron chi connectivity index (χ3n) is 2.30. The molecule has 0 atom stereocenters. The largest absolute Gasteiger partial charge is 0.328 e. The topological polar surface area (TPSA) is 62.3 Å². The standard InChI is InChI=1S/C10H10BrN3O2/c11-4-7-3-8(6-12-5-7)14-2-1-9(15)13-10(14)16/h3,5-6H,1-2,4H2,(H,13,15,16). The van der Waals surface area contributed by atoms with E-state index in [2.05, 4.69) is 26.2 Å².